The molecule has 2 atom stereocenters. The van der Waals surface area contributed by atoms with Crippen LogP contribution in [-0.4, -0.2) is 34.4 Å². The van der Waals surface area contributed by atoms with Crippen LogP contribution in [-0.2, 0) is 6.15 Å². The summed E-state index contributed by atoms with van der Waals surface area (Å²) >= 11 is -1.18. The van der Waals surface area contributed by atoms with Gasteiger partial charge in [0.25, 0.3) is 0 Å². The molecule has 0 saturated carbocycles. The van der Waals surface area contributed by atoms with Crippen molar-refractivity contribution in [2.75, 3.05) is 0 Å². The molecule has 0 radical (unpaired) electrons. The van der Waals surface area contributed by atoms with E-state index in [1.54, 1.807) is 13.8 Å². The van der Waals surface area contributed by atoms with Crippen LogP contribution in [0, 0.1) is 0 Å². The number of hydrogen-bond donors (Lipinski definition) is 2. The zero-order valence-electron chi connectivity index (χ0n) is 5.63. The fraction of sp³-hybridized carbons (Fsp3) is 1.00. The van der Waals surface area contributed by atoms with Crippen LogP contribution in [0.2, 0.25) is 0 Å². The standard InChI is InChI=1S/2C2H6NO.Sn/c2*1-2(3)4;/h2*2H,3H2,1H3;/q2*-1;+4. The zero-order valence-corrected chi connectivity index (χ0v) is 8.48. The van der Waals surface area contributed by atoms with Crippen LogP contribution in [0.25, 0.3) is 0 Å². The Labute approximate surface area is 66.2 Å². The molecule has 0 amide bonds. The van der Waals surface area contributed by atoms with Crippen molar-refractivity contribution in [2.24, 2.45) is 11.5 Å². The van der Waals surface area contributed by atoms with Gasteiger partial charge in [0.2, 0.25) is 0 Å². The van der Waals surface area contributed by atoms with Gasteiger partial charge in [0.1, 0.15) is 0 Å². The molecule has 52 valence electrons. The summed E-state index contributed by atoms with van der Waals surface area (Å²) in [6.07, 6.45) is -0.425. The molecular weight excluding hydrogens is 227 g/mol. The van der Waals surface area contributed by atoms with Gasteiger partial charge in [-0.2, -0.15) is 0 Å². The second-order valence-electron chi connectivity index (χ2n) is 1.73. The number of hydrogen-bond acceptors (Lipinski definition) is 4. The van der Waals surface area contributed by atoms with Crippen molar-refractivity contribution < 1.29 is 6.15 Å². The van der Waals surface area contributed by atoms with E-state index in [4.69, 9.17) is 17.6 Å². The maximum atomic E-state index is 5.28. The molecule has 0 aliphatic carbocycles. The molecule has 4 N–H and O–H groups in total. The Morgan fingerprint density at radius 1 is 1.11 bits per heavy atom. The third kappa shape index (κ3) is 8.64. The molecule has 2 unspecified atom stereocenters. The Morgan fingerprint density at radius 3 is 1.67 bits per heavy atom. The minimum atomic E-state index is -1.18. The molecule has 0 saturated heterocycles. The van der Waals surface area contributed by atoms with Crippen molar-refractivity contribution in [1.82, 2.24) is 0 Å². The van der Waals surface area contributed by atoms with Crippen LogP contribution in [0.5, 0.6) is 0 Å². The Morgan fingerprint density at radius 2 is 1.44 bits per heavy atom. The Kier molecular flexibility index (Phi) is 5.81. The molecule has 4 nitrogen and oxygen atoms in total. The van der Waals surface area contributed by atoms with Gasteiger partial charge in [0, 0.05) is 0 Å². The fourth-order valence-corrected chi connectivity index (χ4v) is 1.20. The van der Waals surface area contributed by atoms with Crippen molar-refractivity contribution in [3.05, 3.63) is 0 Å². The van der Waals surface area contributed by atoms with Crippen LogP contribution in [0.4, 0.5) is 0 Å². The summed E-state index contributed by atoms with van der Waals surface area (Å²) in [7, 11) is 0. The molecule has 0 fully saturated rings. The summed E-state index contributed by atoms with van der Waals surface area (Å²) in [5, 5.41) is 0. The van der Waals surface area contributed by atoms with E-state index in [2.05, 4.69) is 0 Å². The van der Waals surface area contributed by atoms with Crippen LogP contribution in [0.3, 0.4) is 0 Å². The summed E-state index contributed by atoms with van der Waals surface area (Å²) in [6.45, 7) is 3.54. The van der Waals surface area contributed by atoms with E-state index in [0.29, 0.717) is 0 Å². The molecule has 0 aliphatic rings. The molecule has 0 bridgehead atoms. The van der Waals surface area contributed by atoms with Crippen molar-refractivity contribution in [2.45, 2.75) is 26.3 Å². The summed E-state index contributed by atoms with van der Waals surface area (Å²) in [6, 6.07) is 0. The number of nitrogens with two attached hydrogens (primary N) is 2. The van der Waals surface area contributed by atoms with E-state index in [9.17, 15) is 0 Å². The van der Waals surface area contributed by atoms with Gasteiger partial charge in [0.15, 0.2) is 0 Å². The topological polar surface area (TPSA) is 70.5 Å². The van der Waals surface area contributed by atoms with Crippen LogP contribution in [0.15, 0.2) is 0 Å². The summed E-state index contributed by atoms with van der Waals surface area (Å²) < 4.78 is 10.00. The van der Waals surface area contributed by atoms with E-state index in [0.717, 1.165) is 0 Å². The van der Waals surface area contributed by atoms with Gasteiger partial charge in [-0.1, -0.05) is 0 Å². The first kappa shape index (κ1) is 9.64. The van der Waals surface area contributed by atoms with Gasteiger partial charge in [-0.3, -0.25) is 0 Å². The third-order valence-electron chi connectivity index (χ3n) is 0.468. The summed E-state index contributed by atoms with van der Waals surface area (Å²) in [4.78, 5) is 0. The molecule has 0 rings (SSSR count). The van der Waals surface area contributed by atoms with Crippen molar-refractivity contribution in [1.29, 1.82) is 0 Å². The molecule has 0 aliphatic heterocycles. The third-order valence-corrected chi connectivity index (χ3v) is 3.14. The SMILES string of the molecule is CC(N)[O][Sn+2][O]C(C)N. The van der Waals surface area contributed by atoms with Gasteiger partial charge in [-0.25, -0.2) is 0 Å². The van der Waals surface area contributed by atoms with Crippen LogP contribution >= 0.6 is 0 Å². The predicted molar refractivity (Wildman–Crippen MR) is 35.2 cm³/mol. The first-order valence-electron chi connectivity index (χ1n) is 2.70. The Bertz CT molecular complexity index is 61.6. The van der Waals surface area contributed by atoms with Gasteiger partial charge >= 0.3 is 65.9 Å². The van der Waals surface area contributed by atoms with E-state index in [1.165, 1.54) is 0 Å². The predicted octanol–water partition coefficient (Wildman–Crippen LogP) is -0.837. The molecular formula is C4H12N2O2Sn+2. The average molecular weight is 239 g/mol. The van der Waals surface area contributed by atoms with Crippen molar-refractivity contribution >= 4 is 22.0 Å². The van der Waals surface area contributed by atoms with Gasteiger partial charge in [-0.05, 0) is 0 Å². The molecule has 0 spiro atoms. The van der Waals surface area contributed by atoms with Crippen LogP contribution in [0.1, 0.15) is 13.8 Å². The van der Waals surface area contributed by atoms with Crippen molar-refractivity contribution in [3.8, 4) is 0 Å². The summed E-state index contributed by atoms with van der Waals surface area (Å²) in [5.41, 5.74) is 10.6. The molecule has 9 heavy (non-hydrogen) atoms. The molecule has 0 aromatic heterocycles. The molecule has 0 aromatic rings. The Hall–Kier alpha value is 0.639. The molecule has 0 heterocycles. The summed E-state index contributed by atoms with van der Waals surface area (Å²) in [5.74, 6) is 0. The second kappa shape index (κ2) is 5.43. The Balaban J connectivity index is 2.91. The molecule has 0 aromatic carbocycles. The van der Waals surface area contributed by atoms with E-state index in [-0.39, 0.29) is 12.5 Å². The van der Waals surface area contributed by atoms with Crippen molar-refractivity contribution in [3.63, 3.8) is 0 Å². The van der Waals surface area contributed by atoms with Crippen LogP contribution < -0.4 is 11.5 Å². The van der Waals surface area contributed by atoms with Gasteiger partial charge in [0.05, 0.1) is 0 Å². The van der Waals surface area contributed by atoms with E-state index >= 15 is 0 Å². The number of rotatable bonds is 4. The first-order chi connectivity index (χ1) is 4.13. The molecule has 5 heteroatoms. The monoisotopic (exact) mass is 240 g/mol. The maximum absolute atomic E-state index is 5.28. The zero-order chi connectivity index (χ0) is 7.28. The van der Waals surface area contributed by atoms with Gasteiger partial charge < -0.3 is 0 Å². The minimum absolute atomic E-state index is 0.213. The first-order valence-corrected chi connectivity index (χ1v) is 5.03. The van der Waals surface area contributed by atoms with E-state index < -0.39 is 22.0 Å². The fourth-order valence-electron chi connectivity index (χ4n) is 0.180. The second-order valence-corrected chi connectivity index (χ2v) is 3.55. The quantitative estimate of drug-likeness (QED) is 0.495. The van der Waals surface area contributed by atoms with Gasteiger partial charge in [-0.15, -0.1) is 0 Å². The normalized spacial score (nSPS) is 16.4. The average Bonchev–Trinajstić information content (AvgIpc) is 1.63. The van der Waals surface area contributed by atoms with E-state index in [1.807, 2.05) is 0 Å².